The summed E-state index contributed by atoms with van der Waals surface area (Å²) in [6.45, 7) is 0.753. The van der Waals surface area contributed by atoms with Gasteiger partial charge in [0.1, 0.15) is 11.9 Å². The number of carbonyl (C=O) groups is 1. The van der Waals surface area contributed by atoms with Crippen LogP contribution in [-0.2, 0) is 16.6 Å². The van der Waals surface area contributed by atoms with E-state index in [0.717, 1.165) is 29.7 Å². The van der Waals surface area contributed by atoms with E-state index >= 15 is 0 Å². The van der Waals surface area contributed by atoms with E-state index in [4.69, 9.17) is 4.74 Å². The number of phenols is 1. The van der Waals surface area contributed by atoms with Gasteiger partial charge in [0, 0.05) is 24.7 Å². The summed E-state index contributed by atoms with van der Waals surface area (Å²) in [7, 11) is 1.83. The van der Waals surface area contributed by atoms with Crippen LogP contribution < -0.4 is 10.1 Å². The number of ether oxygens (including phenoxy) is 1. The van der Waals surface area contributed by atoms with Gasteiger partial charge in [-0.05, 0) is 79.5 Å². The van der Waals surface area contributed by atoms with Gasteiger partial charge in [0.15, 0.2) is 11.5 Å². The summed E-state index contributed by atoms with van der Waals surface area (Å²) >= 11 is 0. The number of nitrogens with zero attached hydrogens (tertiary/aromatic N) is 1. The molecular weight excluding hydrogens is 471 g/mol. The van der Waals surface area contributed by atoms with Crippen LogP contribution in [0.15, 0.2) is 42.5 Å². The highest BCUT2D eigenvalue weighted by molar-refractivity contribution is 5.92. The fraction of sp³-hybridized carbons (Fsp3) is 0.500. The Morgan fingerprint density at radius 3 is 2.78 bits per heavy atom. The number of aromatic hydroxyl groups is 1. The molecule has 3 aliphatic carbocycles. The lowest BCUT2D eigenvalue weighted by Crippen LogP contribution is -2.79. The first-order chi connectivity index (χ1) is 17.8. The van der Waals surface area contributed by atoms with Gasteiger partial charge in [0.2, 0.25) is 5.91 Å². The fourth-order valence-electron chi connectivity index (χ4n) is 8.07. The van der Waals surface area contributed by atoms with Crippen LogP contribution in [-0.4, -0.2) is 58.4 Å². The molecule has 6 atom stereocenters. The van der Waals surface area contributed by atoms with Gasteiger partial charge in [-0.15, -0.1) is 0 Å². The Kier molecular flexibility index (Phi) is 5.05. The van der Waals surface area contributed by atoms with Crippen LogP contribution in [0.1, 0.15) is 48.8 Å². The number of carbonyl (C=O) groups excluding carboxylic acids is 1. The van der Waals surface area contributed by atoms with Gasteiger partial charge < -0.3 is 25.2 Å². The molecule has 2 saturated carbocycles. The monoisotopic (exact) mass is 504 g/mol. The van der Waals surface area contributed by atoms with Crippen molar-refractivity contribution < 1.29 is 24.1 Å². The van der Waals surface area contributed by atoms with Gasteiger partial charge in [-0.2, -0.15) is 0 Å². The zero-order valence-electron chi connectivity index (χ0n) is 21.0. The number of amides is 1. The Morgan fingerprint density at radius 2 is 2.03 bits per heavy atom. The molecule has 6 nitrogen and oxygen atoms in total. The molecule has 3 N–H and O–H groups in total. The average molecular weight is 505 g/mol. The van der Waals surface area contributed by atoms with Gasteiger partial charge >= 0.3 is 0 Å². The molecule has 7 rings (SSSR count). The van der Waals surface area contributed by atoms with Gasteiger partial charge in [0.05, 0.1) is 17.1 Å². The lowest BCUT2D eigenvalue weighted by atomic mass is 9.46. The van der Waals surface area contributed by atoms with E-state index < -0.39 is 17.1 Å². The maximum Gasteiger partial charge on any atom is 0.246 e. The second-order valence-corrected chi connectivity index (χ2v) is 11.8. The molecule has 194 valence electrons. The number of aliphatic hydroxyl groups is 1. The van der Waals surface area contributed by atoms with E-state index in [0.29, 0.717) is 30.9 Å². The summed E-state index contributed by atoms with van der Waals surface area (Å²) in [5.41, 5.74) is 1.13. The van der Waals surface area contributed by atoms with E-state index in [1.165, 1.54) is 31.1 Å². The first-order valence-electron chi connectivity index (χ1n) is 13.5. The lowest BCUT2D eigenvalue weighted by Gasteiger charge is -2.64. The normalized spacial score (nSPS) is 35.2. The van der Waals surface area contributed by atoms with Crippen molar-refractivity contribution in [3.8, 4) is 11.5 Å². The molecule has 37 heavy (non-hydrogen) atoms. The van der Waals surface area contributed by atoms with Gasteiger partial charge in [0.25, 0.3) is 0 Å². The molecule has 7 heteroatoms. The topological polar surface area (TPSA) is 82.0 Å². The minimum atomic E-state index is -1.01. The second kappa shape index (κ2) is 8.05. The number of halogens is 1. The summed E-state index contributed by atoms with van der Waals surface area (Å²) in [5.74, 6) is 0.815. The molecule has 3 fully saturated rings. The summed E-state index contributed by atoms with van der Waals surface area (Å²) in [4.78, 5) is 15.3. The molecule has 2 aliphatic heterocycles. The highest BCUT2D eigenvalue weighted by atomic mass is 19.1. The van der Waals surface area contributed by atoms with Crippen LogP contribution in [0, 0.1) is 17.7 Å². The largest absolute Gasteiger partial charge is 0.504 e. The average Bonchev–Trinajstić information content (AvgIpc) is 3.61. The Hall–Kier alpha value is -2.90. The van der Waals surface area contributed by atoms with Crippen molar-refractivity contribution in [1.82, 2.24) is 10.2 Å². The number of rotatable bonds is 5. The molecule has 1 saturated heterocycles. The minimum Gasteiger partial charge on any atom is -0.504 e. The molecule has 2 aromatic carbocycles. The van der Waals surface area contributed by atoms with Crippen LogP contribution in [0.25, 0.3) is 6.08 Å². The molecular formula is C30H33FN2O4. The summed E-state index contributed by atoms with van der Waals surface area (Å²) in [5, 5.41) is 27.0. The quantitative estimate of drug-likeness (QED) is 0.543. The third-order valence-electron chi connectivity index (χ3n) is 9.87. The number of phenolic OH excluding ortho intramolecular Hbond substituents is 1. The van der Waals surface area contributed by atoms with Crippen molar-refractivity contribution in [2.45, 2.75) is 67.7 Å². The number of hydrogen-bond acceptors (Lipinski definition) is 5. The molecule has 1 spiro atoms. The maximum absolute atomic E-state index is 13.6. The van der Waals surface area contributed by atoms with Crippen molar-refractivity contribution in [3.63, 3.8) is 0 Å². The van der Waals surface area contributed by atoms with Crippen LogP contribution in [0.3, 0.4) is 0 Å². The second-order valence-electron chi connectivity index (χ2n) is 11.8. The molecule has 2 heterocycles. The molecule has 1 amide bonds. The van der Waals surface area contributed by atoms with Crippen LogP contribution in [0.4, 0.5) is 4.39 Å². The van der Waals surface area contributed by atoms with E-state index in [9.17, 15) is 19.4 Å². The van der Waals surface area contributed by atoms with E-state index in [2.05, 4.69) is 5.32 Å². The molecule has 3 unspecified atom stereocenters. The van der Waals surface area contributed by atoms with Gasteiger partial charge in [-0.1, -0.05) is 31.0 Å². The summed E-state index contributed by atoms with van der Waals surface area (Å²) in [6, 6.07) is 9.38. The van der Waals surface area contributed by atoms with Crippen molar-refractivity contribution >= 4 is 12.0 Å². The van der Waals surface area contributed by atoms with E-state index in [1.54, 1.807) is 29.2 Å². The minimum absolute atomic E-state index is 0.0733. The van der Waals surface area contributed by atoms with Gasteiger partial charge in [-0.25, -0.2) is 4.39 Å². The van der Waals surface area contributed by atoms with Crippen molar-refractivity contribution in [3.05, 3.63) is 65.0 Å². The van der Waals surface area contributed by atoms with Crippen LogP contribution in [0.5, 0.6) is 11.5 Å². The summed E-state index contributed by atoms with van der Waals surface area (Å²) in [6.07, 6.45) is 8.11. The zero-order chi connectivity index (χ0) is 25.5. The van der Waals surface area contributed by atoms with Crippen molar-refractivity contribution in [2.75, 3.05) is 13.6 Å². The van der Waals surface area contributed by atoms with Gasteiger partial charge in [-0.3, -0.25) is 4.79 Å². The molecule has 5 aliphatic rings. The zero-order valence-corrected chi connectivity index (χ0v) is 21.0. The Balaban J connectivity index is 1.30. The number of piperidine rings is 1. The molecule has 2 aromatic rings. The third kappa shape index (κ3) is 3.26. The Labute approximate surface area is 216 Å². The van der Waals surface area contributed by atoms with Crippen LogP contribution in [0.2, 0.25) is 0 Å². The number of benzene rings is 2. The number of hydrogen-bond donors (Lipinski definition) is 3. The molecule has 2 bridgehead atoms. The standard InChI is InChI=1S/C30H33FN2O4/c1-33(24(35)11-6-17-4-8-21(31)9-5-17)26-20(14-18-2-3-18)16-30(36)23-15-19-7-10-22(34)27-25(19)29(30,12-13-32-23)28(26)37-27/h4-11,18,20,23,26,28,32,34,36H,2-3,12-16H2,1H3/b11-6+/t20?,23-,26?,28?,29+,30-/m1/s1. The predicted octanol–water partition coefficient (Wildman–Crippen LogP) is 3.54. The van der Waals surface area contributed by atoms with E-state index in [1.807, 2.05) is 13.1 Å². The van der Waals surface area contributed by atoms with Crippen LogP contribution >= 0.6 is 0 Å². The third-order valence-corrected chi connectivity index (χ3v) is 9.87. The number of nitrogens with one attached hydrogen (secondary N) is 1. The number of likely N-dealkylation sites (N-methyl/N-ethyl adjacent to an activating group) is 1. The predicted molar refractivity (Wildman–Crippen MR) is 137 cm³/mol. The van der Waals surface area contributed by atoms with Crippen molar-refractivity contribution in [1.29, 1.82) is 0 Å². The van der Waals surface area contributed by atoms with Crippen molar-refractivity contribution in [2.24, 2.45) is 11.8 Å². The summed E-state index contributed by atoms with van der Waals surface area (Å²) < 4.78 is 20.0. The Bertz CT molecular complexity index is 1290. The maximum atomic E-state index is 13.6. The fourth-order valence-corrected chi connectivity index (χ4v) is 8.07. The SMILES string of the molecule is CN(C(=O)/C=C/c1ccc(F)cc1)C1C(CC2CC2)C[C@@]2(O)[C@H]3Cc4ccc(O)c5c4[C@@]2(CCN3)C1O5. The first-order valence-corrected chi connectivity index (χ1v) is 13.5. The van der Waals surface area contributed by atoms with E-state index in [-0.39, 0.29) is 35.5 Å². The lowest BCUT2D eigenvalue weighted by molar-refractivity contribution is -0.189. The highest BCUT2D eigenvalue weighted by Gasteiger charge is 2.74. The highest BCUT2D eigenvalue weighted by Crippen LogP contribution is 2.66. The first kappa shape index (κ1) is 23.2. The molecule has 0 aromatic heterocycles. The molecule has 0 radical (unpaired) electrons. The Morgan fingerprint density at radius 1 is 1.24 bits per heavy atom. The smallest absolute Gasteiger partial charge is 0.246 e.